The average Bonchev–Trinajstić information content (AvgIpc) is 2.93. The van der Waals surface area contributed by atoms with Gasteiger partial charge in [-0.2, -0.15) is 11.8 Å². The van der Waals surface area contributed by atoms with Gasteiger partial charge in [0, 0.05) is 12.5 Å². The van der Waals surface area contributed by atoms with Gasteiger partial charge in [-0.25, -0.2) is 0 Å². The van der Waals surface area contributed by atoms with Crippen molar-refractivity contribution in [1.29, 1.82) is 0 Å². The molecule has 0 aromatic heterocycles. The highest BCUT2D eigenvalue weighted by Crippen LogP contribution is 2.28. The first kappa shape index (κ1) is 15.7. The van der Waals surface area contributed by atoms with E-state index in [0.717, 1.165) is 25.3 Å². The minimum absolute atomic E-state index is 0.437. The maximum Gasteiger partial charge on any atom is 0.122 e. The van der Waals surface area contributed by atoms with E-state index in [4.69, 9.17) is 4.74 Å². The molecule has 20 heavy (non-hydrogen) atoms. The molecule has 0 fully saturated rings. The summed E-state index contributed by atoms with van der Waals surface area (Å²) in [6.45, 7) is 4.22. The Labute approximate surface area is 127 Å². The third-order valence-electron chi connectivity index (χ3n) is 3.94. The van der Waals surface area contributed by atoms with E-state index < -0.39 is 0 Å². The number of fused-ring (bicyclic) bond motifs is 1. The summed E-state index contributed by atoms with van der Waals surface area (Å²) in [4.78, 5) is 0. The number of nitrogens with one attached hydrogen (secondary N) is 1. The molecule has 1 aliphatic rings. The summed E-state index contributed by atoms with van der Waals surface area (Å²) in [6, 6.07) is 7.06. The Kier molecular flexibility index (Phi) is 6.74. The van der Waals surface area contributed by atoms with E-state index in [-0.39, 0.29) is 0 Å². The molecule has 0 spiro atoms. The van der Waals surface area contributed by atoms with Gasteiger partial charge in [0.2, 0.25) is 0 Å². The SMILES string of the molecule is CSCCCCCCNC(C)c1ccc2c(c1)CCO2. The number of hydrogen-bond donors (Lipinski definition) is 1. The molecule has 112 valence electrons. The smallest absolute Gasteiger partial charge is 0.122 e. The van der Waals surface area contributed by atoms with Gasteiger partial charge < -0.3 is 10.1 Å². The third-order valence-corrected chi connectivity index (χ3v) is 4.64. The number of thioether (sulfide) groups is 1. The Balaban J connectivity index is 1.66. The van der Waals surface area contributed by atoms with Crippen molar-refractivity contribution in [2.24, 2.45) is 0 Å². The summed E-state index contributed by atoms with van der Waals surface area (Å²) < 4.78 is 5.56. The van der Waals surface area contributed by atoms with Crippen molar-refractivity contribution in [3.8, 4) is 5.75 Å². The molecule has 2 rings (SSSR count). The molecular formula is C17H27NOS. The molecule has 0 bridgehead atoms. The predicted octanol–water partition coefficient (Wildman–Crippen LogP) is 4.20. The third kappa shape index (κ3) is 4.71. The van der Waals surface area contributed by atoms with Crippen molar-refractivity contribution in [3.63, 3.8) is 0 Å². The average molecular weight is 293 g/mol. The lowest BCUT2D eigenvalue weighted by molar-refractivity contribution is 0.356. The highest BCUT2D eigenvalue weighted by molar-refractivity contribution is 7.98. The van der Waals surface area contributed by atoms with Gasteiger partial charge in [0.25, 0.3) is 0 Å². The topological polar surface area (TPSA) is 21.3 Å². The van der Waals surface area contributed by atoms with Crippen LogP contribution in [0.4, 0.5) is 0 Å². The number of ether oxygens (including phenoxy) is 1. The van der Waals surface area contributed by atoms with Crippen LogP contribution in [0.1, 0.15) is 49.8 Å². The first-order valence-corrected chi connectivity index (χ1v) is 9.18. The number of benzene rings is 1. The van der Waals surface area contributed by atoms with E-state index in [2.05, 4.69) is 36.7 Å². The minimum Gasteiger partial charge on any atom is -0.493 e. The van der Waals surface area contributed by atoms with Crippen LogP contribution in [0, 0.1) is 0 Å². The molecule has 1 N–H and O–H groups in total. The second-order valence-electron chi connectivity index (χ2n) is 5.55. The second kappa shape index (κ2) is 8.58. The second-order valence-corrected chi connectivity index (χ2v) is 6.53. The molecule has 3 heteroatoms. The zero-order valence-corrected chi connectivity index (χ0v) is 13.6. The number of rotatable bonds is 9. The van der Waals surface area contributed by atoms with Crippen LogP contribution < -0.4 is 10.1 Å². The van der Waals surface area contributed by atoms with E-state index in [1.165, 1.54) is 42.6 Å². The van der Waals surface area contributed by atoms with Crippen molar-refractivity contribution < 1.29 is 4.74 Å². The zero-order chi connectivity index (χ0) is 14.2. The van der Waals surface area contributed by atoms with Crippen molar-refractivity contribution in [2.45, 2.75) is 45.1 Å². The van der Waals surface area contributed by atoms with Crippen LogP contribution in [0.5, 0.6) is 5.75 Å². The molecular weight excluding hydrogens is 266 g/mol. The molecule has 1 aromatic carbocycles. The van der Waals surface area contributed by atoms with Gasteiger partial charge in [-0.05, 0) is 55.5 Å². The molecule has 0 saturated carbocycles. The fraction of sp³-hybridized carbons (Fsp3) is 0.647. The van der Waals surface area contributed by atoms with E-state index >= 15 is 0 Å². The summed E-state index contributed by atoms with van der Waals surface area (Å²) in [5.74, 6) is 2.39. The van der Waals surface area contributed by atoms with Crippen LogP contribution in [0.2, 0.25) is 0 Å². The summed E-state index contributed by atoms with van der Waals surface area (Å²) >= 11 is 1.95. The minimum atomic E-state index is 0.437. The van der Waals surface area contributed by atoms with Crippen molar-refractivity contribution in [3.05, 3.63) is 29.3 Å². The Bertz CT molecular complexity index is 408. The molecule has 2 nitrogen and oxygen atoms in total. The molecule has 1 atom stereocenters. The largest absolute Gasteiger partial charge is 0.493 e. The van der Waals surface area contributed by atoms with E-state index in [9.17, 15) is 0 Å². The van der Waals surface area contributed by atoms with E-state index in [0.29, 0.717) is 6.04 Å². The van der Waals surface area contributed by atoms with Gasteiger partial charge in [0.05, 0.1) is 6.61 Å². The van der Waals surface area contributed by atoms with E-state index in [1.54, 1.807) is 0 Å². The summed E-state index contributed by atoms with van der Waals surface area (Å²) in [5, 5.41) is 3.63. The van der Waals surface area contributed by atoms with Crippen LogP contribution in [-0.4, -0.2) is 25.2 Å². The summed E-state index contributed by atoms with van der Waals surface area (Å²) in [6.07, 6.45) is 8.61. The van der Waals surface area contributed by atoms with Gasteiger partial charge in [0.15, 0.2) is 0 Å². The van der Waals surface area contributed by atoms with Crippen LogP contribution in [0.25, 0.3) is 0 Å². The maximum atomic E-state index is 5.56. The Morgan fingerprint density at radius 2 is 2.10 bits per heavy atom. The van der Waals surface area contributed by atoms with Crippen LogP contribution >= 0.6 is 11.8 Å². The van der Waals surface area contributed by atoms with Crippen LogP contribution in [-0.2, 0) is 6.42 Å². The molecule has 0 saturated heterocycles. The van der Waals surface area contributed by atoms with Crippen LogP contribution in [0.3, 0.4) is 0 Å². The fourth-order valence-corrected chi connectivity index (χ4v) is 3.13. The summed E-state index contributed by atoms with van der Waals surface area (Å²) in [7, 11) is 0. The lowest BCUT2D eigenvalue weighted by Gasteiger charge is -2.15. The van der Waals surface area contributed by atoms with Gasteiger partial charge in [-0.3, -0.25) is 0 Å². The first-order valence-electron chi connectivity index (χ1n) is 7.79. The van der Waals surface area contributed by atoms with Crippen molar-refractivity contribution in [1.82, 2.24) is 5.32 Å². The highest BCUT2D eigenvalue weighted by Gasteiger charge is 2.14. The lowest BCUT2D eigenvalue weighted by atomic mass is 10.0. The molecule has 1 heterocycles. The first-order chi connectivity index (χ1) is 9.81. The maximum absolute atomic E-state index is 5.56. The predicted molar refractivity (Wildman–Crippen MR) is 88.9 cm³/mol. The quantitative estimate of drug-likeness (QED) is 0.690. The van der Waals surface area contributed by atoms with Gasteiger partial charge in [-0.1, -0.05) is 25.0 Å². The molecule has 1 aromatic rings. The normalized spacial score (nSPS) is 14.9. The van der Waals surface area contributed by atoms with Gasteiger partial charge in [0.1, 0.15) is 5.75 Å². The molecule has 1 unspecified atom stereocenters. The standard InChI is InChI=1S/C17H27NOS/c1-14(18-10-5-3-4-6-12-20-2)15-7-8-17-16(13-15)9-11-19-17/h7-8,13-14,18H,3-6,9-12H2,1-2H3. The van der Waals surface area contributed by atoms with Gasteiger partial charge >= 0.3 is 0 Å². The lowest BCUT2D eigenvalue weighted by Crippen LogP contribution is -2.19. The molecule has 0 radical (unpaired) electrons. The molecule has 0 aliphatic carbocycles. The van der Waals surface area contributed by atoms with Gasteiger partial charge in [-0.15, -0.1) is 0 Å². The van der Waals surface area contributed by atoms with Crippen molar-refractivity contribution >= 4 is 11.8 Å². The Morgan fingerprint density at radius 3 is 2.95 bits per heavy atom. The molecule has 1 aliphatic heterocycles. The monoisotopic (exact) mass is 293 g/mol. The Hall–Kier alpha value is -0.670. The Morgan fingerprint density at radius 1 is 1.25 bits per heavy atom. The van der Waals surface area contributed by atoms with E-state index in [1.807, 2.05) is 11.8 Å². The zero-order valence-electron chi connectivity index (χ0n) is 12.8. The molecule has 0 amide bonds. The number of unbranched alkanes of at least 4 members (excludes halogenated alkanes) is 3. The van der Waals surface area contributed by atoms with Crippen molar-refractivity contribution in [2.75, 3.05) is 25.2 Å². The fourth-order valence-electron chi connectivity index (χ4n) is 2.64. The van der Waals surface area contributed by atoms with Crippen LogP contribution in [0.15, 0.2) is 18.2 Å². The highest BCUT2D eigenvalue weighted by atomic mass is 32.2. The summed E-state index contributed by atoms with van der Waals surface area (Å²) in [5.41, 5.74) is 2.75. The number of hydrogen-bond acceptors (Lipinski definition) is 3.